The van der Waals surface area contributed by atoms with E-state index in [9.17, 15) is 8.78 Å². The second kappa shape index (κ2) is 8.68. The van der Waals surface area contributed by atoms with Crippen LogP contribution in [0.15, 0.2) is 42.7 Å². The summed E-state index contributed by atoms with van der Waals surface area (Å²) in [6, 6.07) is 7.89. The van der Waals surface area contributed by atoms with Crippen LogP contribution in [-0.2, 0) is 4.74 Å². The fourth-order valence-corrected chi connectivity index (χ4v) is 4.93. The number of pyridine rings is 2. The fourth-order valence-electron chi connectivity index (χ4n) is 4.93. The van der Waals surface area contributed by atoms with Crippen molar-refractivity contribution in [1.82, 2.24) is 19.7 Å². The summed E-state index contributed by atoms with van der Waals surface area (Å²) in [5.41, 5.74) is 4.02. The number of nitrogens with zero attached hydrogens (tertiary/aromatic N) is 4. The third-order valence-corrected chi connectivity index (χ3v) is 7.00. The van der Waals surface area contributed by atoms with Crippen LogP contribution in [0.5, 0.6) is 5.75 Å². The number of aromatic nitrogens is 4. The Morgan fingerprint density at radius 2 is 1.94 bits per heavy atom. The van der Waals surface area contributed by atoms with Gasteiger partial charge in [-0.1, -0.05) is 0 Å². The molecule has 1 saturated heterocycles. The number of fused-ring (bicyclic) bond motifs is 1. The Hall–Kier alpha value is -3.39. The van der Waals surface area contributed by atoms with E-state index in [-0.39, 0.29) is 17.6 Å². The van der Waals surface area contributed by atoms with E-state index in [1.54, 1.807) is 7.11 Å². The Morgan fingerprint density at radius 1 is 1.09 bits per heavy atom. The van der Waals surface area contributed by atoms with E-state index in [2.05, 4.69) is 11.3 Å². The van der Waals surface area contributed by atoms with Crippen LogP contribution in [0.1, 0.15) is 60.7 Å². The van der Waals surface area contributed by atoms with Gasteiger partial charge in [-0.25, -0.2) is 13.8 Å². The predicted octanol–water partition coefficient (Wildman–Crippen LogP) is 6.06. The monoisotopic (exact) mass is 476 g/mol. The quantitative estimate of drug-likeness (QED) is 0.350. The lowest BCUT2D eigenvalue weighted by atomic mass is 9.89. The van der Waals surface area contributed by atoms with Gasteiger partial charge in [0.05, 0.1) is 42.4 Å². The predicted molar refractivity (Wildman–Crippen MR) is 127 cm³/mol. The molecule has 6 nitrogen and oxygen atoms in total. The van der Waals surface area contributed by atoms with Gasteiger partial charge in [0.15, 0.2) is 0 Å². The van der Waals surface area contributed by atoms with E-state index in [1.165, 1.54) is 25.0 Å². The second-order valence-corrected chi connectivity index (χ2v) is 9.43. The first-order chi connectivity index (χ1) is 17.0. The Kier molecular flexibility index (Phi) is 5.48. The molecular weight excluding hydrogens is 450 g/mol. The van der Waals surface area contributed by atoms with Gasteiger partial charge in [0.25, 0.3) is 0 Å². The molecule has 4 heterocycles. The van der Waals surface area contributed by atoms with Crippen LogP contribution < -0.4 is 4.74 Å². The van der Waals surface area contributed by atoms with Crippen LogP contribution in [0.2, 0.25) is 0 Å². The lowest BCUT2D eigenvalue weighted by Crippen LogP contribution is -2.19. The molecular formula is C27H26F2N4O2. The van der Waals surface area contributed by atoms with Crippen LogP contribution in [-0.4, -0.2) is 33.5 Å². The maximum absolute atomic E-state index is 14.9. The summed E-state index contributed by atoms with van der Waals surface area (Å²) in [7, 11) is 1.57. The first kappa shape index (κ1) is 22.1. The zero-order chi connectivity index (χ0) is 24.1. The van der Waals surface area contributed by atoms with Gasteiger partial charge in [-0.15, -0.1) is 0 Å². The average molecular weight is 477 g/mol. The lowest BCUT2D eigenvalue weighted by molar-refractivity contribution is 0.00463. The summed E-state index contributed by atoms with van der Waals surface area (Å²) < 4.78 is 42.1. The number of ether oxygens (including phenoxy) is 2. The normalized spacial score (nSPS) is 20.3. The smallest absolute Gasteiger partial charge is 0.140 e. The van der Waals surface area contributed by atoms with Gasteiger partial charge in [-0.05, 0) is 56.9 Å². The molecule has 1 aromatic carbocycles. The summed E-state index contributed by atoms with van der Waals surface area (Å²) in [4.78, 5) is 9.66. The van der Waals surface area contributed by atoms with Gasteiger partial charge in [0, 0.05) is 47.0 Å². The standard InChI is InChI=1S/C27H26F2N4O2/c1-15-25(34-2)11-21-24(31-15)12-23(32-27(21)20-6-3-18(28)10-22(20)29)16-7-8-35-26(9-16)17-13-30-33(14-17)19-4-5-19/h3,6,10-14,16,19,26H,4-5,7-9H2,1-2H3/t16-,26-/m0/s1. The largest absolute Gasteiger partial charge is 0.495 e. The van der Waals surface area contributed by atoms with Gasteiger partial charge in [-0.3, -0.25) is 9.67 Å². The maximum atomic E-state index is 14.9. The van der Waals surface area contributed by atoms with Crippen molar-refractivity contribution in [3.05, 3.63) is 71.3 Å². The van der Waals surface area contributed by atoms with E-state index in [0.717, 1.165) is 35.9 Å². The first-order valence-corrected chi connectivity index (χ1v) is 12.0. The molecule has 2 atom stereocenters. The van der Waals surface area contributed by atoms with Crippen molar-refractivity contribution in [2.24, 2.45) is 0 Å². The minimum atomic E-state index is -0.659. The number of aryl methyl sites for hydroxylation is 1. The number of benzene rings is 1. The Bertz CT molecular complexity index is 1420. The third kappa shape index (κ3) is 4.16. The van der Waals surface area contributed by atoms with Crippen molar-refractivity contribution in [2.75, 3.05) is 13.7 Å². The summed E-state index contributed by atoms with van der Waals surface area (Å²) in [5, 5.41) is 5.18. The van der Waals surface area contributed by atoms with Gasteiger partial charge in [0.2, 0.25) is 0 Å². The highest BCUT2D eigenvalue weighted by Crippen LogP contribution is 2.41. The highest BCUT2D eigenvalue weighted by Gasteiger charge is 2.30. The topological polar surface area (TPSA) is 62.1 Å². The lowest BCUT2D eigenvalue weighted by Gasteiger charge is -2.29. The second-order valence-electron chi connectivity index (χ2n) is 9.43. The van der Waals surface area contributed by atoms with Gasteiger partial charge >= 0.3 is 0 Å². The van der Waals surface area contributed by atoms with E-state index in [0.29, 0.717) is 35.0 Å². The van der Waals surface area contributed by atoms with E-state index < -0.39 is 11.6 Å². The number of rotatable bonds is 5. The van der Waals surface area contributed by atoms with Crippen molar-refractivity contribution < 1.29 is 18.3 Å². The summed E-state index contributed by atoms with van der Waals surface area (Å²) in [5.74, 6) is -0.589. The molecule has 1 aliphatic carbocycles. The minimum Gasteiger partial charge on any atom is -0.495 e. The molecule has 3 aromatic heterocycles. The number of methoxy groups -OCH3 is 1. The van der Waals surface area contributed by atoms with Crippen LogP contribution in [0.3, 0.4) is 0 Å². The Morgan fingerprint density at radius 3 is 2.71 bits per heavy atom. The van der Waals surface area contributed by atoms with Crippen molar-refractivity contribution in [3.63, 3.8) is 0 Å². The molecule has 0 radical (unpaired) electrons. The highest BCUT2D eigenvalue weighted by molar-refractivity contribution is 5.94. The van der Waals surface area contributed by atoms with Crippen LogP contribution in [0.4, 0.5) is 8.78 Å². The van der Waals surface area contributed by atoms with Crippen molar-refractivity contribution in [3.8, 4) is 17.0 Å². The number of hydrogen-bond donors (Lipinski definition) is 0. The zero-order valence-corrected chi connectivity index (χ0v) is 19.7. The molecule has 0 amide bonds. The molecule has 180 valence electrons. The summed E-state index contributed by atoms with van der Waals surface area (Å²) in [6.07, 6.45) is 7.81. The van der Waals surface area contributed by atoms with Gasteiger partial charge < -0.3 is 9.47 Å². The summed E-state index contributed by atoms with van der Waals surface area (Å²) >= 11 is 0. The molecule has 0 N–H and O–H groups in total. The highest BCUT2D eigenvalue weighted by atomic mass is 19.1. The molecule has 8 heteroatoms. The Balaban J connectivity index is 1.42. The van der Waals surface area contributed by atoms with Crippen LogP contribution in [0.25, 0.3) is 22.2 Å². The molecule has 4 aromatic rings. The maximum Gasteiger partial charge on any atom is 0.140 e. The first-order valence-electron chi connectivity index (χ1n) is 12.0. The molecule has 0 unspecified atom stereocenters. The Labute approximate surface area is 201 Å². The van der Waals surface area contributed by atoms with Crippen molar-refractivity contribution in [1.29, 1.82) is 0 Å². The fraction of sp³-hybridized carbons (Fsp3) is 0.370. The molecule has 0 spiro atoms. The van der Waals surface area contributed by atoms with Crippen LogP contribution in [0, 0.1) is 18.6 Å². The molecule has 2 fully saturated rings. The van der Waals surface area contributed by atoms with E-state index >= 15 is 0 Å². The number of hydrogen-bond acceptors (Lipinski definition) is 5. The molecule has 1 saturated carbocycles. The molecule has 0 bridgehead atoms. The number of halogens is 2. The van der Waals surface area contributed by atoms with E-state index in [1.807, 2.05) is 29.9 Å². The third-order valence-electron chi connectivity index (χ3n) is 7.00. The summed E-state index contributed by atoms with van der Waals surface area (Å²) in [6.45, 7) is 2.47. The van der Waals surface area contributed by atoms with Gasteiger partial charge in [0.1, 0.15) is 17.4 Å². The zero-order valence-electron chi connectivity index (χ0n) is 19.7. The average Bonchev–Trinajstić information content (AvgIpc) is 3.59. The van der Waals surface area contributed by atoms with Crippen molar-refractivity contribution >= 4 is 10.9 Å². The van der Waals surface area contributed by atoms with Gasteiger partial charge in [-0.2, -0.15) is 5.10 Å². The SMILES string of the molecule is COc1cc2c(-c3ccc(F)cc3F)nc([C@H]3CCO[C@H](c4cnn(C5CC5)c4)C3)cc2nc1C. The molecule has 6 rings (SSSR count). The molecule has 35 heavy (non-hydrogen) atoms. The van der Waals surface area contributed by atoms with Crippen molar-refractivity contribution in [2.45, 2.75) is 50.7 Å². The van der Waals surface area contributed by atoms with Crippen LogP contribution >= 0.6 is 0 Å². The minimum absolute atomic E-state index is 0.0738. The molecule has 1 aliphatic heterocycles. The van der Waals surface area contributed by atoms with E-state index in [4.69, 9.17) is 19.4 Å². The molecule has 2 aliphatic rings.